The van der Waals surface area contributed by atoms with Gasteiger partial charge < -0.3 is 4.74 Å². The number of benzene rings is 3. The Balaban J connectivity index is 1.50. The van der Waals surface area contributed by atoms with Gasteiger partial charge in [0.15, 0.2) is 0 Å². The molecule has 0 aliphatic carbocycles. The minimum Gasteiger partial charge on any atom is -0.487 e. The van der Waals surface area contributed by atoms with Crippen LogP contribution >= 0.6 is 80.1 Å². The van der Waals surface area contributed by atoms with Gasteiger partial charge in [-0.15, -0.1) is 0 Å². The van der Waals surface area contributed by atoms with E-state index in [4.69, 9.17) is 27.9 Å². The summed E-state index contributed by atoms with van der Waals surface area (Å²) in [6, 6.07) is 18.5. The van der Waals surface area contributed by atoms with E-state index < -0.39 is 0 Å². The second kappa shape index (κ2) is 11.0. The molecular weight excluding hydrogens is 707 g/mol. The maximum atomic E-state index is 12.9. The highest BCUT2D eigenvalue weighted by Crippen LogP contribution is 2.36. The summed E-state index contributed by atoms with van der Waals surface area (Å²) in [7, 11) is 0. The van der Waals surface area contributed by atoms with E-state index in [0.29, 0.717) is 21.6 Å². The van der Waals surface area contributed by atoms with Crippen molar-refractivity contribution in [2.75, 3.05) is 0 Å². The zero-order valence-corrected chi connectivity index (χ0v) is 23.5. The highest BCUT2D eigenvalue weighted by Gasteiger charge is 2.35. The minimum atomic E-state index is -0.302. The molecule has 4 rings (SSSR count). The molecule has 3 aromatic rings. The molecule has 3 aromatic carbocycles. The van der Waals surface area contributed by atoms with Gasteiger partial charge in [-0.05, 0) is 104 Å². The normalized spacial score (nSPS) is 14.9. The Labute approximate surface area is 232 Å². The van der Waals surface area contributed by atoms with Crippen molar-refractivity contribution in [2.24, 2.45) is 0 Å². The topological polar surface area (TPSA) is 46.6 Å². The molecule has 0 saturated carbocycles. The second-order valence-electron chi connectivity index (χ2n) is 7.09. The van der Waals surface area contributed by atoms with Gasteiger partial charge in [-0.3, -0.25) is 14.5 Å². The van der Waals surface area contributed by atoms with E-state index in [1.54, 1.807) is 30.3 Å². The Kier molecular flexibility index (Phi) is 8.27. The van der Waals surface area contributed by atoms with Crippen LogP contribution in [0.3, 0.4) is 0 Å². The number of ether oxygens (including phenoxy) is 1. The van der Waals surface area contributed by atoms with Crippen LogP contribution in [0, 0.1) is 7.14 Å². The predicted octanol–water partition coefficient (Wildman–Crippen LogP) is 8.02. The highest BCUT2D eigenvalue weighted by atomic mass is 127. The zero-order valence-electron chi connectivity index (χ0n) is 16.9. The van der Waals surface area contributed by atoms with Crippen LogP contribution < -0.4 is 4.74 Å². The molecule has 0 bridgehead atoms. The van der Waals surface area contributed by atoms with Gasteiger partial charge in [0.2, 0.25) is 0 Å². The fraction of sp³-hybridized carbons (Fsp3) is 0.0833. The van der Waals surface area contributed by atoms with E-state index in [9.17, 15) is 9.59 Å². The maximum absolute atomic E-state index is 12.9. The summed E-state index contributed by atoms with van der Waals surface area (Å²) in [5, 5.41) is 0.982. The van der Waals surface area contributed by atoms with Gasteiger partial charge in [0.05, 0.1) is 18.6 Å². The third-order valence-electron chi connectivity index (χ3n) is 4.78. The quantitative estimate of drug-likeness (QED) is 0.191. The first kappa shape index (κ1) is 24.8. The molecular formula is C24H15Cl2I2NO3S. The van der Waals surface area contributed by atoms with E-state index in [0.717, 1.165) is 41.3 Å². The summed E-state index contributed by atoms with van der Waals surface area (Å²) in [4.78, 5) is 27.0. The lowest BCUT2D eigenvalue weighted by atomic mass is 10.2. The third kappa shape index (κ3) is 6.05. The fourth-order valence-electron chi connectivity index (χ4n) is 3.13. The standard InChI is InChI=1S/C24H15Cl2I2NO3S/c25-17-7-5-14(6-8-17)12-29-23(30)21(33-24(29)31)11-15-9-19(27)22(20(28)10-15)32-13-16-3-1-2-4-18(16)26/h1-11H,12-13H2/b21-11-. The minimum absolute atomic E-state index is 0.211. The molecule has 1 aliphatic rings. The molecule has 168 valence electrons. The molecule has 0 atom stereocenters. The summed E-state index contributed by atoms with van der Waals surface area (Å²) < 4.78 is 7.83. The lowest BCUT2D eigenvalue weighted by molar-refractivity contribution is -0.123. The van der Waals surface area contributed by atoms with Gasteiger partial charge in [-0.1, -0.05) is 53.5 Å². The van der Waals surface area contributed by atoms with Crippen molar-refractivity contribution in [1.82, 2.24) is 4.90 Å². The first-order chi connectivity index (χ1) is 15.8. The number of hydrogen-bond acceptors (Lipinski definition) is 4. The molecule has 0 radical (unpaired) electrons. The Morgan fingerprint density at radius 1 is 0.970 bits per heavy atom. The van der Waals surface area contributed by atoms with E-state index in [1.165, 1.54) is 4.90 Å². The lowest BCUT2D eigenvalue weighted by Gasteiger charge is -2.13. The van der Waals surface area contributed by atoms with Gasteiger partial charge in [-0.2, -0.15) is 0 Å². The number of amides is 2. The molecule has 1 fully saturated rings. The number of nitrogens with zero attached hydrogens (tertiary/aromatic N) is 1. The Morgan fingerprint density at radius 2 is 1.64 bits per heavy atom. The Bertz CT molecular complexity index is 1240. The largest absolute Gasteiger partial charge is 0.487 e. The average Bonchev–Trinajstić information content (AvgIpc) is 3.03. The molecule has 0 unspecified atom stereocenters. The molecule has 0 N–H and O–H groups in total. The predicted molar refractivity (Wildman–Crippen MR) is 151 cm³/mol. The van der Waals surface area contributed by atoms with Crippen molar-refractivity contribution in [2.45, 2.75) is 13.2 Å². The summed E-state index contributed by atoms with van der Waals surface area (Å²) in [5.41, 5.74) is 2.57. The number of carbonyl (C=O) groups excluding carboxylic acids is 2. The fourth-order valence-corrected chi connectivity index (χ4v) is 6.41. The number of carbonyl (C=O) groups is 2. The number of hydrogen-bond donors (Lipinski definition) is 0. The van der Waals surface area contributed by atoms with E-state index in [2.05, 4.69) is 45.2 Å². The second-order valence-corrected chi connectivity index (χ2v) is 11.2. The van der Waals surface area contributed by atoms with Crippen LogP contribution in [0.4, 0.5) is 4.79 Å². The molecule has 1 heterocycles. The first-order valence-corrected chi connectivity index (χ1v) is 13.4. The summed E-state index contributed by atoms with van der Waals surface area (Å²) in [5.74, 6) is 0.452. The van der Waals surface area contributed by atoms with Crippen molar-refractivity contribution in [3.8, 4) is 5.75 Å². The van der Waals surface area contributed by atoms with Crippen molar-refractivity contribution >= 4 is 97.4 Å². The van der Waals surface area contributed by atoms with Crippen molar-refractivity contribution in [3.05, 3.63) is 99.4 Å². The van der Waals surface area contributed by atoms with Crippen molar-refractivity contribution in [1.29, 1.82) is 0 Å². The molecule has 4 nitrogen and oxygen atoms in total. The van der Waals surface area contributed by atoms with Crippen LogP contribution in [0.5, 0.6) is 5.75 Å². The van der Waals surface area contributed by atoms with Gasteiger partial charge in [0.25, 0.3) is 11.1 Å². The van der Waals surface area contributed by atoms with Crippen molar-refractivity contribution < 1.29 is 14.3 Å². The first-order valence-electron chi connectivity index (χ1n) is 9.67. The van der Waals surface area contributed by atoms with E-state index >= 15 is 0 Å². The Hall–Kier alpha value is -1.27. The SMILES string of the molecule is O=C1S/C(=C\c2cc(I)c(OCc3ccccc3Cl)c(I)c2)C(=O)N1Cc1ccc(Cl)cc1. The maximum Gasteiger partial charge on any atom is 0.293 e. The molecule has 2 amide bonds. The van der Waals surface area contributed by atoms with Crippen LogP contribution in [-0.2, 0) is 17.9 Å². The summed E-state index contributed by atoms with van der Waals surface area (Å²) in [6.07, 6.45) is 1.74. The van der Waals surface area contributed by atoms with Crippen LogP contribution in [-0.4, -0.2) is 16.0 Å². The lowest BCUT2D eigenvalue weighted by Crippen LogP contribution is -2.27. The number of imide groups is 1. The molecule has 0 spiro atoms. The smallest absolute Gasteiger partial charge is 0.293 e. The Morgan fingerprint density at radius 3 is 2.30 bits per heavy atom. The van der Waals surface area contributed by atoms with Crippen LogP contribution in [0.15, 0.2) is 65.6 Å². The van der Waals surface area contributed by atoms with Crippen LogP contribution in [0.2, 0.25) is 10.0 Å². The molecule has 1 saturated heterocycles. The molecule has 1 aliphatic heterocycles. The molecule has 9 heteroatoms. The molecule has 0 aromatic heterocycles. The highest BCUT2D eigenvalue weighted by molar-refractivity contribution is 14.1. The number of thioether (sulfide) groups is 1. The third-order valence-corrected chi connectivity index (χ3v) is 7.91. The van der Waals surface area contributed by atoms with Crippen LogP contribution in [0.1, 0.15) is 16.7 Å². The number of rotatable bonds is 6. The zero-order chi connectivity index (χ0) is 23.5. The monoisotopic (exact) mass is 721 g/mol. The number of halogens is 4. The average molecular weight is 722 g/mol. The summed E-state index contributed by atoms with van der Waals surface area (Å²) in [6.45, 7) is 0.567. The van der Waals surface area contributed by atoms with Gasteiger partial charge in [0.1, 0.15) is 12.4 Å². The van der Waals surface area contributed by atoms with Crippen molar-refractivity contribution in [3.63, 3.8) is 0 Å². The van der Waals surface area contributed by atoms with E-state index in [1.807, 2.05) is 36.4 Å². The van der Waals surface area contributed by atoms with E-state index in [-0.39, 0.29) is 17.7 Å². The van der Waals surface area contributed by atoms with Gasteiger partial charge in [0, 0.05) is 15.6 Å². The van der Waals surface area contributed by atoms with Crippen LogP contribution in [0.25, 0.3) is 6.08 Å². The summed E-state index contributed by atoms with van der Waals surface area (Å²) >= 11 is 17.5. The van der Waals surface area contributed by atoms with Gasteiger partial charge >= 0.3 is 0 Å². The molecule has 33 heavy (non-hydrogen) atoms. The van der Waals surface area contributed by atoms with Gasteiger partial charge in [-0.25, -0.2) is 0 Å².